The van der Waals surface area contributed by atoms with E-state index in [1.165, 1.54) is 5.84 Å². The molecule has 142 valence electrons. The molecule has 0 fully saturated rings. The normalized spacial score (nSPS) is 24.3. The smallest absolute Gasteiger partial charge is 0.278 e. The number of hydrogen-bond donors (Lipinski definition) is 1. The number of benzene rings is 2. The van der Waals surface area contributed by atoms with Crippen LogP contribution in [0.3, 0.4) is 0 Å². The Morgan fingerprint density at radius 1 is 1.11 bits per heavy atom. The molecule has 0 saturated heterocycles. The van der Waals surface area contributed by atoms with Gasteiger partial charge in [-0.25, -0.2) is 0 Å². The first kappa shape index (κ1) is 17.9. The first-order valence-corrected chi connectivity index (χ1v) is 9.62. The summed E-state index contributed by atoms with van der Waals surface area (Å²) in [5.41, 5.74) is 0.712. The molecule has 0 saturated carbocycles. The summed E-state index contributed by atoms with van der Waals surface area (Å²) in [6.45, 7) is 5.68. The maximum atomic E-state index is 12.0. The van der Waals surface area contributed by atoms with Crippen molar-refractivity contribution in [1.29, 1.82) is 0 Å². The van der Waals surface area contributed by atoms with Crippen molar-refractivity contribution in [2.75, 3.05) is 25.2 Å². The van der Waals surface area contributed by atoms with Gasteiger partial charge in [-0.05, 0) is 68.8 Å². The lowest BCUT2D eigenvalue weighted by Crippen LogP contribution is -2.51. The van der Waals surface area contributed by atoms with Crippen molar-refractivity contribution in [2.45, 2.75) is 38.5 Å². The van der Waals surface area contributed by atoms with Gasteiger partial charge in [-0.1, -0.05) is 0 Å². The molecule has 0 amide bonds. The molecule has 27 heavy (non-hydrogen) atoms. The minimum absolute atomic E-state index is 0.0463. The van der Waals surface area contributed by atoms with E-state index in [0.29, 0.717) is 6.61 Å². The number of methoxy groups -OCH3 is 1. The van der Waals surface area contributed by atoms with Crippen molar-refractivity contribution in [1.82, 2.24) is 0 Å². The Morgan fingerprint density at radius 3 is 2.41 bits per heavy atom. The Bertz CT molecular complexity index is 845. The third-order valence-corrected chi connectivity index (χ3v) is 5.70. The molecule has 1 N–H and O–H groups in total. The highest BCUT2D eigenvalue weighted by Crippen LogP contribution is 2.43. The lowest BCUT2D eigenvalue weighted by molar-refractivity contribution is -0.564. The summed E-state index contributed by atoms with van der Waals surface area (Å²) in [5, 5.41) is 12.0. The first-order chi connectivity index (χ1) is 13.1. The average molecular weight is 367 g/mol. The molecule has 4 rings (SSSR count). The van der Waals surface area contributed by atoms with Gasteiger partial charge in [0.2, 0.25) is 0 Å². The van der Waals surface area contributed by atoms with Crippen molar-refractivity contribution in [3.63, 3.8) is 0 Å². The number of nitrogens with zero attached hydrogens (tertiary/aromatic N) is 2. The number of ether oxygens (including phenoxy) is 2. The number of anilines is 1. The Kier molecular flexibility index (Phi) is 4.56. The van der Waals surface area contributed by atoms with Gasteiger partial charge in [-0.15, -0.1) is 0 Å². The Hall–Kier alpha value is -2.53. The van der Waals surface area contributed by atoms with Crippen LogP contribution in [0.25, 0.3) is 0 Å². The molecule has 2 atom stereocenters. The molecule has 2 unspecified atom stereocenters. The quantitative estimate of drug-likeness (QED) is 0.823. The Labute approximate surface area is 160 Å². The van der Waals surface area contributed by atoms with E-state index in [1.54, 1.807) is 7.11 Å². The monoisotopic (exact) mass is 367 g/mol. The van der Waals surface area contributed by atoms with Crippen molar-refractivity contribution in [3.8, 4) is 11.5 Å². The standard InChI is InChI=1S/C22H27N2O3/c1-4-27-20-11-7-17(8-12-20)22(25)16(2)23-15-5-6-21(23)24(22)18-9-13-19(26-3)14-10-18/h7-14,16,25H,4-6,15H2,1-3H3/q+1. The predicted molar refractivity (Wildman–Crippen MR) is 106 cm³/mol. The number of rotatable bonds is 5. The maximum Gasteiger partial charge on any atom is 0.278 e. The fourth-order valence-corrected chi connectivity index (χ4v) is 4.35. The van der Waals surface area contributed by atoms with Crippen molar-refractivity contribution in [3.05, 3.63) is 54.1 Å². The zero-order valence-electron chi connectivity index (χ0n) is 16.2. The van der Waals surface area contributed by atoms with Crippen molar-refractivity contribution < 1.29 is 19.2 Å². The van der Waals surface area contributed by atoms with E-state index in [2.05, 4.69) is 16.4 Å². The fourth-order valence-electron chi connectivity index (χ4n) is 4.35. The van der Waals surface area contributed by atoms with E-state index in [4.69, 9.17) is 9.47 Å². The molecule has 2 aromatic rings. The van der Waals surface area contributed by atoms with Crippen LogP contribution in [0.2, 0.25) is 0 Å². The predicted octanol–water partition coefficient (Wildman–Crippen LogP) is 3.35. The molecule has 0 bridgehead atoms. The number of hydrogen-bond acceptors (Lipinski definition) is 4. The number of aliphatic hydroxyl groups is 1. The molecule has 2 heterocycles. The van der Waals surface area contributed by atoms with Crippen LogP contribution in [-0.2, 0) is 5.72 Å². The minimum Gasteiger partial charge on any atom is -0.497 e. The zero-order valence-corrected chi connectivity index (χ0v) is 16.2. The van der Waals surface area contributed by atoms with Gasteiger partial charge in [0.15, 0.2) is 6.04 Å². The minimum atomic E-state index is -1.13. The van der Waals surface area contributed by atoms with Gasteiger partial charge < -0.3 is 14.6 Å². The molecule has 0 radical (unpaired) electrons. The molecule has 0 spiro atoms. The van der Waals surface area contributed by atoms with Crippen molar-refractivity contribution in [2.24, 2.45) is 0 Å². The van der Waals surface area contributed by atoms with Gasteiger partial charge in [0.1, 0.15) is 17.2 Å². The average Bonchev–Trinajstić information content (AvgIpc) is 3.24. The van der Waals surface area contributed by atoms with Gasteiger partial charge >= 0.3 is 0 Å². The largest absolute Gasteiger partial charge is 0.497 e. The van der Waals surface area contributed by atoms with E-state index in [9.17, 15) is 5.11 Å². The Morgan fingerprint density at radius 2 is 1.78 bits per heavy atom. The summed E-state index contributed by atoms with van der Waals surface area (Å²) in [6.07, 6.45) is 2.08. The lowest BCUT2D eigenvalue weighted by Gasteiger charge is -2.32. The first-order valence-electron chi connectivity index (χ1n) is 9.62. The van der Waals surface area contributed by atoms with Crippen LogP contribution in [0.4, 0.5) is 5.69 Å². The summed E-state index contributed by atoms with van der Waals surface area (Å²) in [6, 6.07) is 15.7. The molecule has 2 aliphatic heterocycles. The lowest BCUT2D eigenvalue weighted by atomic mass is 9.93. The molecular weight excluding hydrogens is 340 g/mol. The fraction of sp³-hybridized carbons (Fsp3) is 0.409. The van der Waals surface area contributed by atoms with Gasteiger partial charge in [0.05, 0.1) is 26.7 Å². The summed E-state index contributed by atoms with van der Waals surface area (Å²) in [5.74, 6) is 2.81. The highest BCUT2D eigenvalue weighted by atomic mass is 16.5. The van der Waals surface area contributed by atoms with Gasteiger partial charge in [-0.3, -0.25) is 4.58 Å². The topological polar surface area (TPSA) is 44.9 Å². The summed E-state index contributed by atoms with van der Waals surface area (Å²) in [7, 11) is 1.66. The molecule has 2 aromatic carbocycles. The highest BCUT2D eigenvalue weighted by molar-refractivity contribution is 5.97. The van der Waals surface area contributed by atoms with Crippen LogP contribution in [0.5, 0.6) is 11.5 Å². The second kappa shape index (κ2) is 6.89. The third-order valence-electron chi connectivity index (χ3n) is 5.70. The van der Waals surface area contributed by atoms with Crippen LogP contribution < -0.4 is 14.4 Å². The molecule has 5 nitrogen and oxygen atoms in total. The van der Waals surface area contributed by atoms with Crippen molar-refractivity contribution >= 4 is 11.5 Å². The SMILES string of the molecule is CCOc1ccc(C2(O)C(C)[N+]3=C(CCC3)N2c2ccc(OC)cc2)cc1. The molecular formula is C22H27N2O3+. The van der Waals surface area contributed by atoms with Crippen LogP contribution >= 0.6 is 0 Å². The highest BCUT2D eigenvalue weighted by Gasteiger charge is 2.60. The zero-order chi connectivity index (χ0) is 19.0. The van der Waals surface area contributed by atoms with E-state index < -0.39 is 5.72 Å². The van der Waals surface area contributed by atoms with Crippen LogP contribution in [0.15, 0.2) is 48.5 Å². The van der Waals surface area contributed by atoms with Gasteiger partial charge in [0, 0.05) is 5.56 Å². The maximum absolute atomic E-state index is 12.0. The van der Waals surface area contributed by atoms with Crippen LogP contribution in [0, 0.1) is 0 Å². The molecule has 2 aliphatic rings. The molecule has 0 aromatic heterocycles. The van der Waals surface area contributed by atoms with Gasteiger partial charge in [-0.2, -0.15) is 4.90 Å². The summed E-state index contributed by atoms with van der Waals surface area (Å²) >= 11 is 0. The van der Waals surface area contributed by atoms with E-state index in [-0.39, 0.29) is 6.04 Å². The number of amidine groups is 1. The summed E-state index contributed by atoms with van der Waals surface area (Å²) < 4.78 is 13.2. The van der Waals surface area contributed by atoms with Crippen LogP contribution in [0.1, 0.15) is 32.3 Å². The summed E-state index contributed by atoms with van der Waals surface area (Å²) in [4.78, 5) is 2.10. The second-order valence-corrected chi connectivity index (χ2v) is 7.11. The third kappa shape index (κ3) is 2.77. The van der Waals surface area contributed by atoms with E-state index in [1.807, 2.05) is 55.5 Å². The van der Waals surface area contributed by atoms with Gasteiger partial charge in [0.25, 0.3) is 11.6 Å². The van der Waals surface area contributed by atoms with Crippen LogP contribution in [-0.4, -0.2) is 41.8 Å². The van der Waals surface area contributed by atoms with E-state index in [0.717, 1.165) is 42.1 Å². The Balaban J connectivity index is 1.78. The van der Waals surface area contributed by atoms with E-state index >= 15 is 0 Å². The second-order valence-electron chi connectivity index (χ2n) is 7.11. The molecule has 5 heteroatoms. The molecule has 0 aliphatic carbocycles.